The van der Waals surface area contributed by atoms with Gasteiger partial charge >= 0.3 is 5.97 Å². The number of aryl methyl sites for hydroxylation is 1. The summed E-state index contributed by atoms with van der Waals surface area (Å²) < 4.78 is 0. The van der Waals surface area contributed by atoms with Crippen molar-refractivity contribution in [2.45, 2.75) is 19.4 Å². The van der Waals surface area contributed by atoms with Crippen molar-refractivity contribution < 1.29 is 19.8 Å². The van der Waals surface area contributed by atoms with E-state index in [0.717, 1.165) is 5.56 Å². The molecule has 3 N–H and O–H groups in total. The van der Waals surface area contributed by atoms with E-state index in [0.29, 0.717) is 6.42 Å². The molecule has 1 amide bonds. The van der Waals surface area contributed by atoms with Crippen LogP contribution in [0.1, 0.15) is 23.0 Å². The maximum atomic E-state index is 11.8. The number of carboxylic acid groups (broad SMARTS) is 1. The topological polar surface area (TPSA) is 99.5 Å². The van der Waals surface area contributed by atoms with Crippen molar-refractivity contribution in [3.05, 3.63) is 29.6 Å². The number of nitrogens with zero attached hydrogens (tertiary/aromatic N) is 1. The van der Waals surface area contributed by atoms with Crippen LogP contribution in [0.4, 0.5) is 0 Å². The van der Waals surface area contributed by atoms with E-state index in [1.54, 1.807) is 12.1 Å². The Morgan fingerprint density at radius 2 is 2.24 bits per heavy atom. The zero-order valence-electron chi connectivity index (χ0n) is 9.38. The molecule has 6 heteroatoms. The van der Waals surface area contributed by atoms with Crippen LogP contribution in [0.25, 0.3) is 0 Å². The number of aromatic nitrogens is 1. The Balaban J connectivity index is 2.86. The number of pyridine rings is 1. The Bertz CT molecular complexity index is 420. The first-order valence-electron chi connectivity index (χ1n) is 5.18. The summed E-state index contributed by atoms with van der Waals surface area (Å²) in [5.41, 5.74) is 0.918. The van der Waals surface area contributed by atoms with Gasteiger partial charge in [-0.05, 0) is 18.1 Å². The van der Waals surface area contributed by atoms with Crippen molar-refractivity contribution in [3.8, 4) is 0 Å². The number of hydrogen-bond donors (Lipinski definition) is 3. The number of carbonyl (C=O) groups is 2. The van der Waals surface area contributed by atoms with Crippen molar-refractivity contribution in [1.29, 1.82) is 0 Å². The summed E-state index contributed by atoms with van der Waals surface area (Å²) in [6.45, 7) is 1.21. The summed E-state index contributed by atoms with van der Waals surface area (Å²) in [5, 5.41) is 19.7. The minimum absolute atomic E-state index is 0.190. The van der Waals surface area contributed by atoms with Crippen LogP contribution in [0.15, 0.2) is 18.3 Å². The van der Waals surface area contributed by atoms with Crippen molar-refractivity contribution in [1.82, 2.24) is 10.3 Å². The standard InChI is InChI=1S/C11H14N2O4/c1-2-7-4-3-5-12-9(7)10(15)13-8(6-14)11(16)17/h3-5,8,14H,2,6H2,1H3,(H,13,15)(H,16,17)/t8-/m0/s1. The van der Waals surface area contributed by atoms with Crippen LogP contribution < -0.4 is 5.32 Å². The van der Waals surface area contributed by atoms with Crippen LogP contribution >= 0.6 is 0 Å². The van der Waals surface area contributed by atoms with E-state index in [2.05, 4.69) is 10.3 Å². The van der Waals surface area contributed by atoms with Gasteiger partial charge in [-0.1, -0.05) is 13.0 Å². The SMILES string of the molecule is CCc1cccnc1C(=O)N[C@@H](CO)C(=O)O. The lowest BCUT2D eigenvalue weighted by Gasteiger charge is -2.12. The number of carboxylic acids is 1. The molecule has 1 atom stereocenters. The van der Waals surface area contributed by atoms with Gasteiger partial charge in [0.15, 0.2) is 6.04 Å². The van der Waals surface area contributed by atoms with Gasteiger partial charge in [-0.25, -0.2) is 4.79 Å². The van der Waals surface area contributed by atoms with Gasteiger partial charge in [-0.15, -0.1) is 0 Å². The van der Waals surface area contributed by atoms with Gasteiger partial charge in [-0.3, -0.25) is 9.78 Å². The van der Waals surface area contributed by atoms with Crippen LogP contribution in [0.2, 0.25) is 0 Å². The Hall–Kier alpha value is -1.95. The first-order valence-corrected chi connectivity index (χ1v) is 5.18. The van der Waals surface area contributed by atoms with Gasteiger partial charge in [0, 0.05) is 6.20 Å². The van der Waals surface area contributed by atoms with E-state index in [-0.39, 0.29) is 5.69 Å². The van der Waals surface area contributed by atoms with Crippen molar-refractivity contribution in [2.24, 2.45) is 0 Å². The lowest BCUT2D eigenvalue weighted by Crippen LogP contribution is -2.43. The number of aliphatic hydroxyl groups excluding tert-OH is 1. The zero-order valence-corrected chi connectivity index (χ0v) is 9.38. The highest BCUT2D eigenvalue weighted by molar-refractivity contribution is 5.96. The highest BCUT2D eigenvalue weighted by Gasteiger charge is 2.21. The largest absolute Gasteiger partial charge is 0.480 e. The van der Waals surface area contributed by atoms with E-state index in [1.807, 2.05) is 6.92 Å². The number of aliphatic carboxylic acids is 1. The van der Waals surface area contributed by atoms with Crippen LogP contribution in [0.3, 0.4) is 0 Å². The molecule has 17 heavy (non-hydrogen) atoms. The third-order valence-corrected chi connectivity index (χ3v) is 2.27. The van der Waals surface area contributed by atoms with Crippen molar-refractivity contribution in [3.63, 3.8) is 0 Å². The Morgan fingerprint density at radius 3 is 2.76 bits per heavy atom. The Morgan fingerprint density at radius 1 is 1.53 bits per heavy atom. The normalized spacial score (nSPS) is 11.9. The van der Waals surface area contributed by atoms with E-state index in [9.17, 15) is 9.59 Å². The summed E-state index contributed by atoms with van der Waals surface area (Å²) in [4.78, 5) is 26.3. The minimum atomic E-state index is -1.31. The quantitative estimate of drug-likeness (QED) is 0.660. The monoisotopic (exact) mass is 238 g/mol. The van der Waals surface area contributed by atoms with E-state index in [1.165, 1.54) is 6.20 Å². The lowest BCUT2D eigenvalue weighted by atomic mass is 10.1. The molecule has 0 aliphatic carbocycles. The summed E-state index contributed by atoms with van der Waals surface area (Å²) in [6, 6.07) is 2.14. The zero-order chi connectivity index (χ0) is 12.8. The number of amides is 1. The third-order valence-electron chi connectivity index (χ3n) is 2.27. The molecule has 0 unspecified atom stereocenters. The van der Waals surface area contributed by atoms with Crippen molar-refractivity contribution in [2.75, 3.05) is 6.61 Å². The minimum Gasteiger partial charge on any atom is -0.480 e. The molecule has 0 radical (unpaired) electrons. The van der Waals surface area contributed by atoms with Crippen LogP contribution in [-0.4, -0.2) is 39.7 Å². The average Bonchev–Trinajstić information content (AvgIpc) is 2.35. The smallest absolute Gasteiger partial charge is 0.328 e. The third kappa shape index (κ3) is 3.25. The maximum absolute atomic E-state index is 11.8. The van der Waals surface area contributed by atoms with Gasteiger partial charge in [-0.2, -0.15) is 0 Å². The van der Waals surface area contributed by atoms with Gasteiger partial charge in [0.25, 0.3) is 5.91 Å². The summed E-state index contributed by atoms with van der Waals surface area (Å²) in [7, 11) is 0. The molecule has 0 bridgehead atoms. The highest BCUT2D eigenvalue weighted by Crippen LogP contribution is 2.06. The number of carbonyl (C=O) groups excluding carboxylic acids is 1. The molecule has 1 rings (SSSR count). The van der Waals surface area contributed by atoms with Gasteiger partial charge in [0.2, 0.25) is 0 Å². The molecule has 0 saturated heterocycles. The second-order valence-corrected chi connectivity index (χ2v) is 3.41. The maximum Gasteiger partial charge on any atom is 0.328 e. The molecule has 0 saturated carbocycles. The van der Waals surface area contributed by atoms with Crippen molar-refractivity contribution >= 4 is 11.9 Å². The second-order valence-electron chi connectivity index (χ2n) is 3.41. The molecule has 1 heterocycles. The molecule has 0 aromatic carbocycles. The molecule has 1 aromatic rings. The molecular weight excluding hydrogens is 224 g/mol. The van der Waals surface area contributed by atoms with Crippen LogP contribution in [0.5, 0.6) is 0 Å². The summed E-state index contributed by atoms with van der Waals surface area (Å²) >= 11 is 0. The molecule has 92 valence electrons. The molecule has 0 fully saturated rings. The second kappa shape index (κ2) is 5.95. The number of hydrogen-bond acceptors (Lipinski definition) is 4. The van der Waals surface area contributed by atoms with Gasteiger partial charge in [0.05, 0.1) is 6.61 Å². The average molecular weight is 238 g/mol. The molecule has 1 aromatic heterocycles. The number of rotatable bonds is 5. The summed E-state index contributed by atoms with van der Waals surface area (Å²) in [6.07, 6.45) is 2.08. The Kier molecular flexibility index (Phi) is 4.59. The molecular formula is C11H14N2O4. The van der Waals surface area contributed by atoms with E-state index in [4.69, 9.17) is 10.2 Å². The molecule has 0 aliphatic heterocycles. The summed E-state index contributed by atoms with van der Waals surface area (Å²) in [5.74, 6) is -1.88. The van der Waals surface area contributed by atoms with E-state index >= 15 is 0 Å². The molecule has 0 spiro atoms. The first-order chi connectivity index (χ1) is 8.10. The first kappa shape index (κ1) is 13.1. The van der Waals surface area contributed by atoms with Gasteiger partial charge < -0.3 is 15.5 Å². The molecule has 0 aliphatic rings. The van der Waals surface area contributed by atoms with Crippen LogP contribution in [-0.2, 0) is 11.2 Å². The fraction of sp³-hybridized carbons (Fsp3) is 0.364. The lowest BCUT2D eigenvalue weighted by molar-refractivity contribution is -0.140. The highest BCUT2D eigenvalue weighted by atomic mass is 16.4. The fourth-order valence-corrected chi connectivity index (χ4v) is 1.34. The van der Waals surface area contributed by atoms with E-state index < -0.39 is 24.5 Å². The molecule has 6 nitrogen and oxygen atoms in total. The van der Waals surface area contributed by atoms with Crippen LogP contribution in [0, 0.1) is 0 Å². The number of aliphatic hydroxyl groups is 1. The predicted octanol–water partition coefficient (Wildman–Crippen LogP) is -0.181. The Labute approximate surface area is 98.3 Å². The predicted molar refractivity (Wildman–Crippen MR) is 59.6 cm³/mol. The van der Waals surface area contributed by atoms with Gasteiger partial charge in [0.1, 0.15) is 5.69 Å². The number of nitrogens with one attached hydrogen (secondary N) is 1. The fourth-order valence-electron chi connectivity index (χ4n) is 1.34.